The van der Waals surface area contributed by atoms with Crippen LogP contribution in [0.5, 0.6) is 0 Å². The van der Waals surface area contributed by atoms with Gasteiger partial charge in [0, 0.05) is 25.3 Å². The number of aliphatic imine (C=N–C) groups is 1. The van der Waals surface area contributed by atoms with Crippen molar-refractivity contribution in [2.75, 3.05) is 14.1 Å². The van der Waals surface area contributed by atoms with Crippen molar-refractivity contribution in [1.82, 2.24) is 9.88 Å². The van der Waals surface area contributed by atoms with E-state index in [1.807, 2.05) is 0 Å². The molecule has 0 fully saturated rings. The fourth-order valence-corrected chi connectivity index (χ4v) is 2.54. The van der Waals surface area contributed by atoms with Gasteiger partial charge in [-0.1, -0.05) is 35.3 Å². The van der Waals surface area contributed by atoms with E-state index in [4.69, 9.17) is 23.2 Å². The molecule has 2 aromatic rings. The van der Waals surface area contributed by atoms with E-state index >= 15 is 0 Å². The molecular weight excluding hydrogens is 390 g/mol. The molecule has 2 rings (SSSR count). The Kier molecular flexibility index (Phi) is 6.26. The Morgan fingerprint density at radius 2 is 1.85 bits per heavy atom. The molecule has 1 aromatic heterocycles. The average Bonchev–Trinajstić information content (AvgIpc) is 2.55. The summed E-state index contributed by atoms with van der Waals surface area (Å²) in [5.74, 6) is -1.67. The van der Waals surface area contributed by atoms with Crippen LogP contribution < -0.4 is 0 Å². The quantitative estimate of drug-likeness (QED) is 0.550. The molecule has 0 aliphatic heterocycles. The largest absolute Gasteiger partial charge is 0.417 e. The summed E-state index contributed by atoms with van der Waals surface area (Å²) >= 11 is 11.9. The van der Waals surface area contributed by atoms with Crippen LogP contribution in [0.15, 0.2) is 41.5 Å². The maximum absolute atomic E-state index is 12.8. The number of hydrogen-bond donors (Lipinski definition) is 0. The number of hydrogen-bond acceptors (Lipinski definition) is 2. The monoisotopic (exact) mass is 403 g/mol. The molecule has 0 spiro atoms. The molecule has 0 aliphatic rings. The van der Waals surface area contributed by atoms with Gasteiger partial charge in [0.25, 0.3) is 5.91 Å². The molecule has 1 aromatic carbocycles. The second-order valence-electron chi connectivity index (χ2n) is 5.62. The summed E-state index contributed by atoms with van der Waals surface area (Å²) in [6.07, 6.45) is -2.64. The molecule has 0 radical (unpaired) electrons. The minimum absolute atomic E-state index is 0.0112. The van der Waals surface area contributed by atoms with E-state index in [0.717, 1.165) is 6.07 Å². The Balaban J connectivity index is 2.53. The summed E-state index contributed by atoms with van der Waals surface area (Å²) in [4.78, 5) is 21.8. The molecule has 138 valence electrons. The van der Waals surface area contributed by atoms with Gasteiger partial charge in [-0.05, 0) is 23.8 Å². The lowest BCUT2D eigenvalue weighted by Gasteiger charge is -2.17. The molecule has 0 saturated carbocycles. The van der Waals surface area contributed by atoms with Crippen LogP contribution >= 0.6 is 23.2 Å². The molecule has 9 heteroatoms. The van der Waals surface area contributed by atoms with Gasteiger partial charge in [0.1, 0.15) is 5.92 Å². The van der Waals surface area contributed by atoms with Crippen molar-refractivity contribution < 1.29 is 18.0 Å². The minimum atomic E-state index is -4.59. The molecule has 0 saturated heterocycles. The predicted octanol–water partition coefficient (Wildman–Crippen LogP) is 4.66. The standard InChI is InChI=1S/C17H14Cl2F3N3O/c1-25(2)9-24-16(26)14(10-3-5-12(18)6-4-10)15-13(19)7-11(8-23-15)17(20,21)22/h3-9,14H,1-2H3/t14-/m1/s1. The SMILES string of the molecule is CN(C)C=NC(=O)[C@H](c1ccc(Cl)cc1)c1ncc(C(F)(F)F)cc1Cl. The van der Waals surface area contributed by atoms with Crippen LogP contribution in [0.1, 0.15) is 22.7 Å². The first-order valence-corrected chi connectivity index (χ1v) is 8.07. The summed E-state index contributed by atoms with van der Waals surface area (Å²) < 4.78 is 38.5. The number of benzene rings is 1. The third-order valence-electron chi connectivity index (χ3n) is 3.34. The Morgan fingerprint density at radius 3 is 2.35 bits per heavy atom. The Morgan fingerprint density at radius 1 is 1.23 bits per heavy atom. The number of carbonyl (C=O) groups is 1. The van der Waals surface area contributed by atoms with Gasteiger partial charge in [-0.15, -0.1) is 0 Å². The highest BCUT2D eigenvalue weighted by Crippen LogP contribution is 2.35. The van der Waals surface area contributed by atoms with E-state index in [9.17, 15) is 18.0 Å². The van der Waals surface area contributed by atoms with E-state index in [1.54, 1.807) is 43.3 Å². The average molecular weight is 404 g/mol. The van der Waals surface area contributed by atoms with Crippen molar-refractivity contribution in [2.24, 2.45) is 4.99 Å². The van der Waals surface area contributed by atoms with Crippen LogP contribution in [0.2, 0.25) is 10.0 Å². The van der Waals surface area contributed by atoms with Gasteiger partial charge in [-0.3, -0.25) is 9.78 Å². The lowest BCUT2D eigenvalue weighted by molar-refractivity contribution is -0.137. The number of halogens is 5. The second kappa shape index (κ2) is 8.05. The van der Waals surface area contributed by atoms with Crippen molar-refractivity contribution in [3.05, 3.63) is 63.4 Å². The normalized spacial score (nSPS) is 13.0. The van der Waals surface area contributed by atoms with Gasteiger partial charge in [0.15, 0.2) is 0 Å². The number of alkyl halides is 3. The van der Waals surface area contributed by atoms with Crippen LogP contribution in [-0.2, 0) is 11.0 Å². The van der Waals surface area contributed by atoms with Gasteiger partial charge < -0.3 is 4.90 Å². The van der Waals surface area contributed by atoms with E-state index < -0.39 is 23.6 Å². The zero-order valence-electron chi connectivity index (χ0n) is 13.8. The first kappa shape index (κ1) is 20.2. The fourth-order valence-electron chi connectivity index (χ4n) is 2.14. The van der Waals surface area contributed by atoms with Gasteiger partial charge in [-0.25, -0.2) is 4.99 Å². The number of pyridine rings is 1. The molecule has 0 unspecified atom stereocenters. The smallest absolute Gasteiger partial charge is 0.369 e. The molecular formula is C17H14Cl2F3N3O. The zero-order valence-corrected chi connectivity index (χ0v) is 15.3. The number of aromatic nitrogens is 1. The topological polar surface area (TPSA) is 45.6 Å². The number of nitrogens with zero attached hydrogens (tertiary/aromatic N) is 3. The minimum Gasteiger partial charge on any atom is -0.369 e. The summed E-state index contributed by atoms with van der Waals surface area (Å²) in [7, 11) is 3.36. The molecule has 1 heterocycles. The molecule has 0 bridgehead atoms. The van der Waals surface area contributed by atoms with E-state index in [2.05, 4.69) is 9.98 Å². The summed E-state index contributed by atoms with van der Waals surface area (Å²) in [6.45, 7) is 0. The molecule has 0 aliphatic carbocycles. The molecule has 0 N–H and O–H groups in total. The highest BCUT2D eigenvalue weighted by molar-refractivity contribution is 6.31. The number of rotatable bonds is 4. The maximum atomic E-state index is 12.8. The number of amides is 1. The Labute approximate surface area is 158 Å². The highest BCUT2D eigenvalue weighted by atomic mass is 35.5. The third kappa shape index (κ3) is 4.95. The van der Waals surface area contributed by atoms with Crippen LogP contribution in [-0.4, -0.2) is 36.2 Å². The van der Waals surface area contributed by atoms with Gasteiger partial charge >= 0.3 is 6.18 Å². The van der Waals surface area contributed by atoms with E-state index in [1.165, 1.54) is 6.34 Å². The Bertz CT molecular complexity index is 821. The second-order valence-corrected chi connectivity index (χ2v) is 6.46. The number of carbonyl (C=O) groups excluding carboxylic acids is 1. The van der Waals surface area contributed by atoms with Crippen molar-refractivity contribution >= 4 is 35.4 Å². The van der Waals surface area contributed by atoms with Crippen LogP contribution in [0.3, 0.4) is 0 Å². The lowest BCUT2D eigenvalue weighted by Crippen LogP contribution is -2.18. The first-order chi connectivity index (χ1) is 12.1. The van der Waals surface area contributed by atoms with Gasteiger partial charge in [0.2, 0.25) is 0 Å². The maximum Gasteiger partial charge on any atom is 0.417 e. The molecule has 26 heavy (non-hydrogen) atoms. The van der Waals surface area contributed by atoms with Crippen molar-refractivity contribution in [1.29, 1.82) is 0 Å². The van der Waals surface area contributed by atoms with Gasteiger partial charge in [0.05, 0.1) is 22.6 Å². The van der Waals surface area contributed by atoms with Crippen molar-refractivity contribution in [3.8, 4) is 0 Å². The van der Waals surface area contributed by atoms with E-state index in [-0.39, 0.29) is 10.7 Å². The van der Waals surface area contributed by atoms with Gasteiger partial charge in [-0.2, -0.15) is 13.2 Å². The van der Waals surface area contributed by atoms with Crippen molar-refractivity contribution in [2.45, 2.75) is 12.1 Å². The van der Waals surface area contributed by atoms with Crippen LogP contribution in [0.25, 0.3) is 0 Å². The summed E-state index contributed by atoms with van der Waals surface area (Å²) in [5.41, 5.74) is -0.544. The zero-order chi connectivity index (χ0) is 19.5. The molecule has 1 atom stereocenters. The lowest BCUT2D eigenvalue weighted by atomic mass is 9.94. The summed E-state index contributed by atoms with van der Waals surface area (Å²) in [5, 5.41) is 0.177. The first-order valence-electron chi connectivity index (χ1n) is 7.32. The highest BCUT2D eigenvalue weighted by Gasteiger charge is 2.33. The predicted molar refractivity (Wildman–Crippen MR) is 94.7 cm³/mol. The molecule has 1 amide bonds. The third-order valence-corrected chi connectivity index (χ3v) is 3.89. The van der Waals surface area contributed by atoms with Crippen LogP contribution in [0, 0.1) is 0 Å². The van der Waals surface area contributed by atoms with Crippen molar-refractivity contribution in [3.63, 3.8) is 0 Å². The van der Waals surface area contributed by atoms with Crippen LogP contribution in [0.4, 0.5) is 13.2 Å². The Hall–Kier alpha value is -2.12. The van der Waals surface area contributed by atoms with E-state index in [0.29, 0.717) is 16.8 Å². The molecule has 4 nitrogen and oxygen atoms in total. The fraction of sp³-hybridized carbons (Fsp3) is 0.235. The summed E-state index contributed by atoms with van der Waals surface area (Å²) in [6, 6.07) is 7.02.